The molecule has 2 heterocycles. The van der Waals surface area contributed by atoms with Crippen LogP contribution in [0, 0.1) is 6.92 Å². The number of aromatic nitrogens is 1. The molecule has 1 unspecified atom stereocenters. The summed E-state index contributed by atoms with van der Waals surface area (Å²) in [5.41, 5.74) is 1.63. The summed E-state index contributed by atoms with van der Waals surface area (Å²) in [5, 5.41) is 2.92. The first-order chi connectivity index (χ1) is 6.24. The number of rotatable bonds is 1. The van der Waals surface area contributed by atoms with Crippen molar-refractivity contribution in [2.75, 3.05) is 13.7 Å². The summed E-state index contributed by atoms with van der Waals surface area (Å²) in [6.45, 7) is 2.30. The Balaban J connectivity index is 2.43. The van der Waals surface area contributed by atoms with Gasteiger partial charge in [0.05, 0.1) is 5.56 Å². The minimum Gasteiger partial charge on any atom is -0.476 e. The van der Waals surface area contributed by atoms with E-state index in [-0.39, 0.29) is 11.8 Å². The van der Waals surface area contributed by atoms with Gasteiger partial charge in [-0.05, 0) is 19.5 Å². The number of fused-ring (bicyclic) bond motifs is 1. The average Bonchev–Trinajstić information content (AvgIpc) is 2.49. The third-order valence-electron chi connectivity index (χ3n) is 2.35. The first-order valence-electron chi connectivity index (χ1n) is 4.26. The molecule has 2 N–H and O–H groups in total. The van der Waals surface area contributed by atoms with Crippen molar-refractivity contribution in [3.05, 3.63) is 17.3 Å². The molecule has 1 aromatic heterocycles. The zero-order chi connectivity index (χ0) is 9.42. The Hall–Kier alpha value is -1.29. The van der Waals surface area contributed by atoms with Gasteiger partial charge in [0.15, 0.2) is 5.78 Å². The van der Waals surface area contributed by atoms with Crippen molar-refractivity contribution >= 4 is 5.78 Å². The van der Waals surface area contributed by atoms with Gasteiger partial charge in [0.2, 0.25) is 5.88 Å². The molecular formula is C9H12N2O2. The maximum Gasteiger partial charge on any atom is 0.202 e. The normalized spacial score (nSPS) is 21.1. The molecule has 4 heteroatoms. The fourth-order valence-corrected chi connectivity index (χ4v) is 1.55. The summed E-state index contributed by atoms with van der Waals surface area (Å²) < 4.78 is 5.38. The Labute approximate surface area is 76.3 Å². The van der Waals surface area contributed by atoms with Crippen LogP contribution < -0.4 is 10.1 Å². The van der Waals surface area contributed by atoms with Gasteiger partial charge in [0.1, 0.15) is 12.6 Å². The minimum absolute atomic E-state index is 0.113. The predicted octanol–water partition coefficient (Wildman–Crippen LogP) is 0.486. The van der Waals surface area contributed by atoms with E-state index in [0.29, 0.717) is 18.1 Å². The zero-order valence-electron chi connectivity index (χ0n) is 7.68. The van der Waals surface area contributed by atoms with Gasteiger partial charge in [-0.3, -0.25) is 4.79 Å². The van der Waals surface area contributed by atoms with Gasteiger partial charge in [-0.15, -0.1) is 0 Å². The smallest absolute Gasteiger partial charge is 0.202 e. The predicted molar refractivity (Wildman–Crippen MR) is 48.2 cm³/mol. The number of nitrogens with one attached hydrogen (secondary N) is 2. The van der Waals surface area contributed by atoms with Crippen LogP contribution in [-0.2, 0) is 0 Å². The molecule has 0 saturated carbocycles. The third kappa shape index (κ3) is 1.14. The number of aromatic amines is 1. The summed E-state index contributed by atoms with van der Waals surface area (Å²) >= 11 is 0. The Bertz CT molecular complexity index is 343. The zero-order valence-corrected chi connectivity index (χ0v) is 7.68. The van der Waals surface area contributed by atoms with Gasteiger partial charge in [0, 0.05) is 6.20 Å². The Kier molecular flexibility index (Phi) is 1.84. The minimum atomic E-state index is -0.206. The Morgan fingerprint density at radius 3 is 3.15 bits per heavy atom. The number of aryl methyl sites for hydroxylation is 1. The molecule has 4 nitrogen and oxygen atoms in total. The number of Topliss-reactive ketones (excluding diaryl/α,β-unsaturated/α-hetero) is 1. The molecule has 0 aromatic carbocycles. The van der Waals surface area contributed by atoms with E-state index >= 15 is 0 Å². The van der Waals surface area contributed by atoms with Gasteiger partial charge in [0.25, 0.3) is 0 Å². The molecule has 70 valence electrons. The molecule has 13 heavy (non-hydrogen) atoms. The van der Waals surface area contributed by atoms with Crippen LogP contribution >= 0.6 is 0 Å². The lowest BCUT2D eigenvalue weighted by Gasteiger charge is -2.21. The van der Waals surface area contributed by atoms with E-state index in [9.17, 15) is 4.79 Å². The van der Waals surface area contributed by atoms with Crippen LogP contribution in [0.1, 0.15) is 15.9 Å². The van der Waals surface area contributed by atoms with E-state index in [0.717, 1.165) is 5.56 Å². The number of ketones is 1. The van der Waals surface area contributed by atoms with Gasteiger partial charge in [-0.2, -0.15) is 0 Å². The maximum absolute atomic E-state index is 11.8. The number of likely N-dealkylation sites (N-methyl/N-ethyl adjacent to an activating group) is 1. The van der Waals surface area contributed by atoms with E-state index < -0.39 is 0 Å². The highest BCUT2D eigenvalue weighted by molar-refractivity contribution is 6.04. The lowest BCUT2D eigenvalue weighted by atomic mass is 10.0. The molecule has 2 rings (SSSR count). The lowest BCUT2D eigenvalue weighted by Crippen LogP contribution is -2.42. The van der Waals surface area contributed by atoms with Crippen molar-refractivity contribution in [2.24, 2.45) is 0 Å². The van der Waals surface area contributed by atoms with Gasteiger partial charge in [-0.1, -0.05) is 0 Å². The van der Waals surface area contributed by atoms with E-state index in [1.807, 2.05) is 6.92 Å². The molecule has 0 spiro atoms. The molecule has 0 amide bonds. The van der Waals surface area contributed by atoms with Gasteiger partial charge >= 0.3 is 0 Å². The van der Waals surface area contributed by atoms with Crippen molar-refractivity contribution in [3.63, 3.8) is 0 Å². The van der Waals surface area contributed by atoms with Crippen molar-refractivity contribution in [2.45, 2.75) is 13.0 Å². The molecule has 0 aliphatic carbocycles. The second-order valence-corrected chi connectivity index (χ2v) is 3.19. The highest BCUT2D eigenvalue weighted by Gasteiger charge is 2.30. The van der Waals surface area contributed by atoms with Gasteiger partial charge < -0.3 is 15.0 Å². The van der Waals surface area contributed by atoms with Crippen molar-refractivity contribution in [3.8, 4) is 5.88 Å². The number of carbonyl (C=O) groups excluding carboxylic acids is 1. The van der Waals surface area contributed by atoms with E-state index in [1.165, 1.54) is 0 Å². The summed E-state index contributed by atoms with van der Waals surface area (Å²) in [6, 6.07) is -0.206. The van der Waals surface area contributed by atoms with Gasteiger partial charge in [-0.25, -0.2) is 0 Å². The molecule has 1 atom stereocenters. The summed E-state index contributed by atoms with van der Waals surface area (Å²) in [5.74, 6) is 0.719. The SMILES string of the molecule is CNC1COc2[nH]cc(C)c2C1=O. The Morgan fingerprint density at radius 2 is 2.46 bits per heavy atom. The molecule has 0 fully saturated rings. The summed E-state index contributed by atoms with van der Waals surface area (Å²) in [4.78, 5) is 14.7. The molecule has 1 aliphatic heterocycles. The lowest BCUT2D eigenvalue weighted by molar-refractivity contribution is 0.0874. The molecular weight excluding hydrogens is 168 g/mol. The number of ether oxygens (including phenoxy) is 1. The number of carbonyl (C=O) groups is 1. The van der Waals surface area contributed by atoms with Crippen molar-refractivity contribution < 1.29 is 9.53 Å². The van der Waals surface area contributed by atoms with Crippen LogP contribution in [0.4, 0.5) is 0 Å². The van der Waals surface area contributed by atoms with Crippen molar-refractivity contribution in [1.82, 2.24) is 10.3 Å². The Morgan fingerprint density at radius 1 is 1.69 bits per heavy atom. The van der Waals surface area contributed by atoms with Crippen LogP contribution in [0.2, 0.25) is 0 Å². The van der Waals surface area contributed by atoms with Crippen LogP contribution in [0.25, 0.3) is 0 Å². The van der Waals surface area contributed by atoms with E-state index in [1.54, 1.807) is 13.2 Å². The highest BCUT2D eigenvalue weighted by atomic mass is 16.5. The topological polar surface area (TPSA) is 54.1 Å². The third-order valence-corrected chi connectivity index (χ3v) is 2.35. The standard InChI is InChI=1S/C9H12N2O2/c1-5-3-11-9-7(5)8(12)6(10-2)4-13-9/h3,6,10-11H,4H2,1-2H3. The second kappa shape index (κ2) is 2.88. The second-order valence-electron chi connectivity index (χ2n) is 3.19. The molecule has 0 saturated heterocycles. The summed E-state index contributed by atoms with van der Waals surface area (Å²) in [7, 11) is 1.76. The maximum atomic E-state index is 11.8. The monoisotopic (exact) mass is 180 g/mol. The number of hydrogen-bond acceptors (Lipinski definition) is 3. The van der Waals surface area contributed by atoms with E-state index in [2.05, 4.69) is 10.3 Å². The largest absolute Gasteiger partial charge is 0.476 e. The van der Waals surface area contributed by atoms with Crippen molar-refractivity contribution in [1.29, 1.82) is 0 Å². The molecule has 0 bridgehead atoms. The van der Waals surface area contributed by atoms with Crippen LogP contribution in [0.15, 0.2) is 6.20 Å². The summed E-state index contributed by atoms with van der Waals surface area (Å²) in [6.07, 6.45) is 1.79. The quantitative estimate of drug-likeness (QED) is 0.661. The molecule has 1 aromatic rings. The first kappa shape index (κ1) is 8.31. The highest BCUT2D eigenvalue weighted by Crippen LogP contribution is 2.26. The number of hydrogen-bond donors (Lipinski definition) is 2. The average molecular weight is 180 g/mol. The number of H-pyrrole nitrogens is 1. The van der Waals surface area contributed by atoms with Crippen LogP contribution in [-0.4, -0.2) is 30.5 Å². The van der Waals surface area contributed by atoms with E-state index in [4.69, 9.17) is 4.74 Å². The fourth-order valence-electron chi connectivity index (χ4n) is 1.55. The van der Waals surface area contributed by atoms with Crippen LogP contribution in [0.5, 0.6) is 5.88 Å². The fraction of sp³-hybridized carbons (Fsp3) is 0.444. The van der Waals surface area contributed by atoms with Crippen LogP contribution in [0.3, 0.4) is 0 Å². The molecule has 1 aliphatic rings. The molecule has 0 radical (unpaired) electrons. The first-order valence-corrected chi connectivity index (χ1v) is 4.26.